The molecule has 0 bridgehead atoms. The van der Waals surface area contributed by atoms with Gasteiger partial charge in [-0.25, -0.2) is 9.18 Å². The number of nitrogens with one attached hydrogen (secondary N) is 1. The fourth-order valence-electron chi connectivity index (χ4n) is 1.90. The summed E-state index contributed by atoms with van der Waals surface area (Å²) < 4.78 is 18.6. The highest BCUT2D eigenvalue weighted by atomic mass is 35.5. The third kappa shape index (κ3) is 5.75. The summed E-state index contributed by atoms with van der Waals surface area (Å²) in [7, 11) is 0. The number of hydrogen-bond acceptors (Lipinski definition) is 2. The molecule has 0 atom stereocenters. The van der Waals surface area contributed by atoms with Crippen molar-refractivity contribution in [2.24, 2.45) is 0 Å². The molecule has 0 unspecified atom stereocenters. The standard InChI is InChI=1S/C18H17ClFNO2/c19-16-10-6-11-17(20)15(16)9-4-5-12-21-18(22)23-13-14-7-2-1-3-8-14/h1-4,6-11H,5,12-13H2,(H,21,22). The smallest absolute Gasteiger partial charge is 0.407 e. The number of ether oxygens (including phenoxy) is 1. The first kappa shape index (κ1) is 17.0. The third-order valence-corrected chi connectivity index (χ3v) is 3.41. The molecule has 2 aromatic rings. The number of benzene rings is 2. The van der Waals surface area contributed by atoms with E-state index in [1.165, 1.54) is 6.07 Å². The van der Waals surface area contributed by atoms with E-state index in [9.17, 15) is 9.18 Å². The van der Waals surface area contributed by atoms with Crippen LogP contribution in [0.25, 0.3) is 6.08 Å². The molecule has 0 heterocycles. The maximum Gasteiger partial charge on any atom is 0.407 e. The van der Waals surface area contributed by atoms with E-state index in [0.717, 1.165) is 5.56 Å². The topological polar surface area (TPSA) is 38.3 Å². The third-order valence-electron chi connectivity index (χ3n) is 3.08. The quantitative estimate of drug-likeness (QED) is 0.770. The minimum Gasteiger partial charge on any atom is -0.445 e. The summed E-state index contributed by atoms with van der Waals surface area (Å²) in [5.74, 6) is -0.371. The van der Waals surface area contributed by atoms with Crippen molar-refractivity contribution in [1.82, 2.24) is 5.32 Å². The van der Waals surface area contributed by atoms with E-state index in [4.69, 9.17) is 16.3 Å². The van der Waals surface area contributed by atoms with E-state index in [0.29, 0.717) is 23.6 Å². The fourth-order valence-corrected chi connectivity index (χ4v) is 2.13. The Kier molecular flexibility index (Phi) is 6.63. The molecule has 0 fully saturated rings. The minimum atomic E-state index is -0.480. The maximum absolute atomic E-state index is 13.5. The van der Waals surface area contributed by atoms with Crippen molar-refractivity contribution in [1.29, 1.82) is 0 Å². The summed E-state index contributed by atoms with van der Waals surface area (Å²) in [6.45, 7) is 0.629. The highest BCUT2D eigenvalue weighted by Crippen LogP contribution is 2.20. The molecule has 0 aliphatic rings. The van der Waals surface area contributed by atoms with Gasteiger partial charge in [-0.05, 0) is 24.1 Å². The van der Waals surface area contributed by atoms with Crippen molar-refractivity contribution in [2.75, 3.05) is 6.54 Å². The number of alkyl carbamates (subject to hydrolysis) is 1. The normalized spacial score (nSPS) is 10.7. The molecular weight excluding hydrogens is 317 g/mol. The number of rotatable bonds is 6. The molecule has 0 aliphatic carbocycles. The van der Waals surface area contributed by atoms with Gasteiger partial charge in [0.15, 0.2) is 0 Å². The van der Waals surface area contributed by atoms with Gasteiger partial charge in [0.2, 0.25) is 0 Å². The van der Waals surface area contributed by atoms with Crippen LogP contribution in [0.4, 0.5) is 9.18 Å². The number of amides is 1. The van der Waals surface area contributed by atoms with Crippen molar-refractivity contribution >= 4 is 23.8 Å². The van der Waals surface area contributed by atoms with Crippen LogP contribution in [-0.2, 0) is 11.3 Å². The van der Waals surface area contributed by atoms with Crippen LogP contribution in [0.1, 0.15) is 17.5 Å². The molecule has 3 nitrogen and oxygen atoms in total. The van der Waals surface area contributed by atoms with Gasteiger partial charge in [-0.1, -0.05) is 60.2 Å². The van der Waals surface area contributed by atoms with E-state index in [1.54, 1.807) is 24.3 Å². The lowest BCUT2D eigenvalue weighted by Gasteiger charge is -2.06. The second-order valence-corrected chi connectivity index (χ2v) is 5.22. The molecule has 0 aliphatic heterocycles. The molecule has 2 aromatic carbocycles. The van der Waals surface area contributed by atoms with Gasteiger partial charge in [0, 0.05) is 12.1 Å². The number of halogens is 2. The van der Waals surface area contributed by atoms with Gasteiger partial charge in [-0.3, -0.25) is 0 Å². The average Bonchev–Trinajstić information content (AvgIpc) is 2.56. The Morgan fingerprint density at radius 3 is 2.70 bits per heavy atom. The van der Waals surface area contributed by atoms with E-state index < -0.39 is 6.09 Å². The van der Waals surface area contributed by atoms with Crippen LogP contribution in [0.3, 0.4) is 0 Å². The molecule has 5 heteroatoms. The second-order valence-electron chi connectivity index (χ2n) is 4.81. The van der Waals surface area contributed by atoms with Crippen molar-refractivity contribution in [3.05, 3.63) is 76.6 Å². The molecule has 0 spiro atoms. The molecule has 1 amide bonds. The van der Waals surface area contributed by atoms with Gasteiger partial charge >= 0.3 is 6.09 Å². The maximum atomic E-state index is 13.5. The lowest BCUT2D eigenvalue weighted by molar-refractivity contribution is 0.140. The number of carbonyl (C=O) groups excluding carboxylic acids is 1. The van der Waals surface area contributed by atoms with Gasteiger partial charge in [-0.15, -0.1) is 0 Å². The van der Waals surface area contributed by atoms with Crippen LogP contribution in [0.15, 0.2) is 54.6 Å². The molecule has 0 radical (unpaired) electrons. The van der Waals surface area contributed by atoms with E-state index >= 15 is 0 Å². The summed E-state index contributed by atoms with van der Waals surface area (Å²) in [4.78, 5) is 11.5. The van der Waals surface area contributed by atoms with Gasteiger partial charge in [0.1, 0.15) is 12.4 Å². The van der Waals surface area contributed by atoms with E-state index in [1.807, 2.05) is 30.3 Å². The Bertz CT molecular complexity index is 654. The van der Waals surface area contributed by atoms with Crippen LogP contribution in [0.5, 0.6) is 0 Å². The molecule has 0 saturated heterocycles. The Hall–Kier alpha value is -2.33. The highest BCUT2D eigenvalue weighted by Gasteiger charge is 2.03. The van der Waals surface area contributed by atoms with Gasteiger partial charge in [-0.2, -0.15) is 0 Å². The van der Waals surface area contributed by atoms with E-state index in [2.05, 4.69) is 5.32 Å². The monoisotopic (exact) mass is 333 g/mol. The Balaban J connectivity index is 1.69. The van der Waals surface area contributed by atoms with Gasteiger partial charge in [0.25, 0.3) is 0 Å². The highest BCUT2D eigenvalue weighted by molar-refractivity contribution is 6.32. The zero-order valence-electron chi connectivity index (χ0n) is 12.5. The lowest BCUT2D eigenvalue weighted by atomic mass is 10.2. The van der Waals surface area contributed by atoms with Crippen LogP contribution in [-0.4, -0.2) is 12.6 Å². The van der Waals surface area contributed by atoms with Gasteiger partial charge in [0.05, 0.1) is 5.02 Å². The summed E-state index contributed by atoms with van der Waals surface area (Å²) >= 11 is 5.91. The second kappa shape index (κ2) is 8.96. The first-order valence-electron chi connectivity index (χ1n) is 7.22. The van der Waals surface area contributed by atoms with E-state index in [-0.39, 0.29) is 12.4 Å². The van der Waals surface area contributed by atoms with Crippen molar-refractivity contribution in [3.63, 3.8) is 0 Å². The predicted octanol–water partition coefficient (Wildman–Crippen LogP) is 4.81. The summed E-state index contributed by atoms with van der Waals surface area (Å²) in [6, 6.07) is 14.0. The van der Waals surface area contributed by atoms with Crippen LogP contribution in [0, 0.1) is 5.82 Å². The first-order chi connectivity index (χ1) is 11.2. The Morgan fingerprint density at radius 2 is 1.96 bits per heavy atom. The Labute approximate surface area is 139 Å². The first-order valence-corrected chi connectivity index (χ1v) is 7.59. The minimum absolute atomic E-state index is 0.230. The molecule has 0 saturated carbocycles. The molecular formula is C18H17ClFNO2. The average molecular weight is 334 g/mol. The number of carbonyl (C=O) groups is 1. The van der Waals surface area contributed by atoms with Crippen LogP contribution < -0.4 is 5.32 Å². The summed E-state index contributed by atoms with van der Waals surface area (Å²) in [5.41, 5.74) is 1.28. The largest absolute Gasteiger partial charge is 0.445 e. The molecule has 0 aromatic heterocycles. The molecule has 120 valence electrons. The SMILES string of the molecule is O=C(NCCC=Cc1c(F)cccc1Cl)OCc1ccccc1. The van der Waals surface area contributed by atoms with Crippen molar-refractivity contribution in [3.8, 4) is 0 Å². The summed E-state index contributed by atoms with van der Waals surface area (Å²) in [5, 5.41) is 2.99. The van der Waals surface area contributed by atoms with Crippen LogP contribution >= 0.6 is 11.6 Å². The fraction of sp³-hybridized carbons (Fsp3) is 0.167. The van der Waals surface area contributed by atoms with Crippen molar-refractivity contribution in [2.45, 2.75) is 13.0 Å². The summed E-state index contributed by atoms with van der Waals surface area (Å²) in [6.07, 6.45) is 3.42. The molecule has 1 N–H and O–H groups in total. The van der Waals surface area contributed by atoms with Gasteiger partial charge < -0.3 is 10.1 Å². The zero-order chi connectivity index (χ0) is 16.5. The van der Waals surface area contributed by atoms with Crippen LogP contribution in [0.2, 0.25) is 5.02 Å². The zero-order valence-corrected chi connectivity index (χ0v) is 13.2. The lowest BCUT2D eigenvalue weighted by Crippen LogP contribution is -2.24. The van der Waals surface area contributed by atoms with Crippen molar-refractivity contribution < 1.29 is 13.9 Å². The number of hydrogen-bond donors (Lipinski definition) is 1. The molecule has 23 heavy (non-hydrogen) atoms. The predicted molar refractivity (Wildman–Crippen MR) is 89.7 cm³/mol. The molecule has 2 rings (SSSR count). The Morgan fingerprint density at radius 1 is 1.17 bits per heavy atom.